The van der Waals surface area contributed by atoms with Gasteiger partial charge in [0.2, 0.25) is 11.8 Å². The van der Waals surface area contributed by atoms with E-state index in [4.69, 9.17) is 0 Å². The van der Waals surface area contributed by atoms with Crippen LogP contribution < -0.4 is 10.6 Å². The highest BCUT2D eigenvalue weighted by atomic mass is 16.4. The first-order chi connectivity index (χ1) is 25.0. The highest BCUT2D eigenvalue weighted by Gasteiger charge is 2.19. The Hall–Kier alpha value is -4.19. The third kappa shape index (κ3) is 36.9. The summed E-state index contributed by atoms with van der Waals surface area (Å²) in [6, 6.07) is -0.946. The number of carboxylic acids is 1. The molecule has 0 heterocycles. The first-order valence-corrected chi connectivity index (χ1v) is 19.3. The summed E-state index contributed by atoms with van der Waals surface area (Å²) in [5, 5.41) is 15.0. The van der Waals surface area contributed by atoms with Crippen molar-refractivity contribution >= 4 is 17.8 Å². The van der Waals surface area contributed by atoms with Crippen molar-refractivity contribution in [1.29, 1.82) is 0 Å². The van der Waals surface area contributed by atoms with Crippen LogP contribution in [0.2, 0.25) is 0 Å². The molecule has 0 spiro atoms. The number of rotatable bonds is 32. The number of allylic oxidation sites excluding steroid dienone is 20. The van der Waals surface area contributed by atoms with Gasteiger partial charge in [0.15, 0.2) is 0 Å². The molecule has 0 unspecified atom stereocenters. The number of carbonyl (C=O) groups excluding carboxylic acids is 2. The number of unbranched alkanes of at least 4 members (excludes halogenated alkanes) is 2. The van der Waals surface area contributed by atoms with Crippen LogP contribution >= 0.6 is 0 Å². The minimum absolute atomic E-state index is 0.0340. The van der Waals surface area contributed by atoms with Crippen LogP contribution in [0.5, 0.6) is 0 Å². The molecule has 0 aliphatic heterocycles. The van der Waals surface area contributed by atoms with Gasteiger partial charge in [-0.2, -0.15) is 0 Å². The van der Waals surface area contributed by atoms with Gasteiger partial charge in [0.1, 0.15) is 6.04 Å². The molecule has 282 valence electrons. The molecule has 0 aromatic carbocycles. The molecule has 0 saturated carbocycles. The van der Waals surface area contributed by atoms with Crippen molar-refractivity contribution in [2.24, 2.45) is 0 Å². The topological polar surface area (TPSA) is 95.5 Å². The molecule has 0 radical (unpaired) electrons. The lowest BCUT2D eigenvalue weighted by atomic mass is 10.1. The average molecular weight is 701 g/mol. The zero-order valence-corrected chi connectivity index (χ0v) is 31.7. The van der Waals surface area contributed by atoms with E-state index >= 15 is 0 Å². The Morgan fingerprint density at radius 2 is 0.804 bits per heavy atom. The lowest BCUT2D eigenvalue weighted by Gasteiger charge is -2.14. The van der Waals surface area contributed by atoms with E-state index in [1.807, 2.05) is 0 Å². The lowest BCUT2D eigenvalue weighted by molar-refractivity contribution is -0.142. The van der Waals surface area contributed by atoms with Crippen molar-refractivity contribution in [2.75, 3.05) is 6.54 Å². The molecular formula is C45H68N2O4. The smallest absolute Gasteiger partial charge is 0.326 e. The van der Waals surface area contributed by atoms with Crippen LogP contribution in [0, 0.1) is 0 Å². The highest BCUT2D eigenvalue weighted by Crippen LogP contribution is 2.04. The van der Waals surface area contributed by atoms with Gasteiger partial charge in [-0.05, 0) is 103 Å². The van der Waals surface area contributed by atoms with Gasteiger partial charge in [0, 0.05) is 19.4 Å². The van der Waals surface area contributed by atoms with Gasteiger partial charge in [0.05, 0.1) is 0 Å². The Morgan fingerprint density at radius 1 is 0.471 bits per heavy atom. The number of hydrogen-bond donors (Lipinski definition) is 3. The number of carboxylic acid groups (broad SMARTS) is 1. The number of amides is 2. The van der Waals surface area contributed by atoms with Gasteiger partial charge in [-0.3, -0.25) is 9.59 Å². The predicted octanol–water partition coefficient (Wildman–Crippen LogP) is 11.3. The molecule has 0 rings (SSSR count). The number of aliphatic carboxylic acids is 1. The Morgan fingerprint density at radius 3 is 1.16 bits per heavy atom. The minimum atomic E-state index is -1.05. The van der Waals surface area contributed by atoms with Crippen LogP contribution in [-0.2, 0) is 14.4 Å². The zero-order chi connectivity index (χ0) is 37.3. The summed E-state index contributed by atoms with van der Waals surface area (Å²) < 4.78 is 0. The van der Waals surface area contributed by atoms with E-state index in [9.17, 15) is 19.5 Å². The van der Waals surface area contributed by atoms with E-state index < -0.39 is 12.0 Å². The van der Waals surface area contributed by atoms with E-state index in [0.717, 1.165) is 83.5 Å². The van der Waals surface area contributed by atoms with Crippen LogP contribution in [0.25, 0.3) is 0 Å². The van der Waals surface area contributed by atoms with Crippen molar-refractivity contribution in [3.63, 3.8) is 0 Å². The van der Waals surface area contributed by atoms with Crippen molar-refractivity contribution in [1.82, 2.24) is 10.6 Å². The van der Waals surface area contributed by atoms with Gasteiger partial charge in [-0.15, -0.1) is 0 Å². The fourth-order valence-corrected chi connectivity index (χ4v) is 4.64. The maximum absolute atomic E-state index is 12.3. The number of nitrogens with one attached hydrogen (secondary N) is 2. The van der Waals surface area contributed by atoms with Gasteiger partial charge in [-0.1, -0.05) is 135 Å². The van der Waals surface area contributed by atoms with Crippen LogP contribution in [0.15, 0.2) is 122 Å². The van der Waals surface area contributed by atoms with E-state index in [2.05, 4.69) is 146 Å². The standard InChI is InChI=1S/C45H68N2O4/c1-3-5-7-9-11-13-15-17-19-21-23-25-27-29-31-33-35-39-43(48)46-41-37-38-42(45(50)51)47-44(49)40-36-34-32-30-28-26-24-22-20-18-16-14-12-10-8-6-4-2/h5-8,11-14,17-20,23-26,29-32,42H,3-4,9-10,15-16,21-22,27-28,33-41H2,1-2H3,(H,46,48)(H,47,49)(H,50,51)/b7-5-,8-6-,13-11-,14-12-,19-17-,20-18-,25-23-,26-24-,31-29-,32-30-/t42-/m0/s1. The normalized spacial score (nSPS) is 13.5. The zero-order valence-electron chi connectivity index (χ0n) is 31.7. The first kappa shape index (κ1) is 46.8. The maximum Gasteiger partial charge on any atom is 0.326 e. The molecule has 2 amide bonds. The summed E-state index contributed by atoms with van der Waals surface area (Å²) in [5.74, 6) is -1.34. The van der Waals surface area contributed by atoms with E-state index in [1.54, 1.807) is 0 Å². The fourth-order valence-electron chi connectivity index (χ4n) is 4.64. The Bertz CT molecular complexity index is 1180. The highest BCUT2D eigenvalue weighted by molar-refractivity contribution is 5.83. The molecule has 0 fully saturated rings. The molecule has 0 aromatic rings. The Balaban J connectivity index is 3.89. The maximum atomic E-state index is 12.3. The van der Waals surface area contributed by atoms with Crippen LogP contribution in [0.3, 0.4) is 0 Å². The third-order valence-corrected chi connectivity index (χ3v) is 7.49. The second-order valence-electron chi connectivity index (χ2n) is 12.2. The van der Waals surface area contributed by atoms with E-state index in [-0.39, 0.29) is 24.7 Å². The molecule has 0 bridgehead atoms. The summed E-state index contributed by atoms with van der Waals surface area (Å²) in [5.41, 5.74) is 0. The van der Waals surface area contributed by atoms with Crippen LogP contribution in [0.1, 0.15) is 129 Å². The molecular weight excluding hydrogens is 633 g/mol. The molecule has 0 saturated heterocycles. The first-order valence-electron chi connectivity index (χ1n) is 19.3. The fraction of sp³-hybridized carbons (Fsp3) is 0.489. The number of carbonyl (C=O) groups is 3. The Kier molecular flexibility index (Phi) is 35.4. The summed E-state index contributed by atoms with van der Waals surface area (Å²) in [6.45, 7) is 4.67. The third-order valence-electron chi connectivity index (χ3n) is 7.49. The molecule has 51 heavy (non-hydrogen) atoms. The molecule has 6 heteroatoms. The van der Waals surface area contributed by atoms with Crippen molar-refractivity contribution in [3.8, 4) is 0 Å². The summed E-state index contributed by atoms with van der Waals surface area (Å²) in [7, 11) is 0. The molecule has 0 aliphatic carbocycles. The SMILES string of the molecule is CC/C=C\C/C=C\C/C=C\C/C=C\C/C=C\CCCC(=O)NCCC[C@H](NC(=O)CCC/C=C\C/C=C\C/C=C\C/C=C\C/C=C\CC)C(=O)O. The molecule has 3 N–H and O–H groups in total. The largest absolute Gasteiger partial charge is 0.480 e. The minimum Gasteiger partial charge on any atom is -0.480 e. The predicted molar refractivity (Wildman–Crippen MR) is 218 cm³/mol. The van der Waals surface area contributed by atoms with Gasteiger partial charge >= 0.3 is 5.97 Å². The molecule has 1 atom stereocenters. The quantitative estimate of drug-likeness (QED) is 0.0481. The number of hydrogen-bond acceptors (Lipinski definition) is 3. The lowest BCUT2D eigenvalue weighted by Crippen LogP contribution is -2.41. The van der Waals surface area contributed by atoms with Gasteiger partial charge in [-0.25, -0.2) is 4.79 Å². The van der Waals surface area contributed by atoms with Gasteiger partial charge < -0.3 is 15.7 Å². The van der Waals surface area contributed by atoms with Gasteiger partial charge in [0.25, 0.3) is 0 Å². The summed E-state index contributed by atoms with van der Waals surface area (Å²) in [6.07, 6.45) is 57.4. The summed E-state index contributed by atoms with van der Waals surface area (Å²) >= 11 is 0. The summed E-state index contributed by atoms with van der Waals surface area (Å²) in [4.78, 5) is 36.1. The second-order valence-corrected chi connectivity index (χ2v) is 12.2. The van der Waals surface area contributed by atoms with Crippen molar-refractivity contribution in [3.05, 3.63) is 122 Å². The molecule has 0 aliphatic rings. The molecule has 0 aromatic heterocycles. The van der Waals surface area contributed by atoms with E-state index in [0.29, 0.717) is 25.8 Å². The average Bonchev–Trinajstić information content (AvgIpc) is 3.12. The van der Waals surface area contributed by atoms with Crippen LogP contribution in [0.4, 0.5) is 0 Å². The van der Waals surface area contributed by atoms with Crippen molar-refractivity contribution in [2.45, 2.75) is 135 Å². The second kappa shape index (κ2) is 38.6. The van der Waals surface area contributed by atoms with E-state index in [1.165, 1.54) is 0 Å². The monoisotopic (exact) mass is 701 g/mol. The Labute approximate surface area is 310 Å². The molecule has 6 nitrogen and oxygen atoms in total. The van der Waals surface area contributed by atoms with Crippen LogP contribution in [-0.4, -0.2) is 35.5 Å². The van der Waals surface area contributed by atoms with Crippen molar-refractivity contribution < 1.29 is 19.5 Å².